The average Bonchev–Trinajstić information content (AvgIpc) is 2.77. The lowest BCUT2D eigenvalue weighted by Crippen LogP contribution is -2.60. The lowest BCUT2D eigenvalue weighted by atomic mass is 9.92. The van der Waals surface area contributed by atoms with Crippen LogP contribution in [-0.4, -0.2) is 168 Å². The molecular weight excluding hydrogens is 1130 g/mol. The van der Waals surface area contributed by atoms with Gasteiger partial charge in [0.1, 0.15) is 60.5 Å². The molecule has 0 spiro atoms. The number of esters is 2. The van der Waals surface area contributed by atoms with Crippen LogP contribution in [0.3, 0.4) is 0 Å². The van der Waals surface area contributed by atoms with Crippen LogP contribution in [0.5, 0.6) is 5.75 Å². The number of cyclic esters (lactones) is 2. The van der Waals surface area contributed by atoms with E-state index in [1.54, 1.807) is 70.2 Å². The van der Waals surface area contributed by atoms with Crippen LogP contribution in [0.2, 0.25) is 5.02 Å². The Bertz CT molecular complexity index is 2690. The number of carboxylic acids is 1. The Morgan fingerprint density at radius 2 is 1.52 bits per heavy atom. The second-order valence-electron chi connectivity index (χ2n) is 23.0. The molecule has 2 saturated heterocycles. The Labute approximate surface area is 499 Å². The van der Waals surface area contributed by atoms with Crippen LogP contribution >= 0.6 is 11.6 Å². The molecule has 3 heterocycles. The van der Waals surface area contributed by atoms with E-state index >= 15 is 0 Å². The van der Waals surface area contributed by atoms with Crippen molar-refractivity contribution in [2.75, 3.05) is 27.3 Å². The fourth-order valence-corrected chi connectivity index (χ4v) is 9.81. The van der Waals surface area contributed by atoms with E-state index in [0.29, 0.717) is 21.9 Å². The molecule has 5 rings (SSSR count). The molecule has 13 atom stereocenters. The first-order valence-corrected chi connectivity index (χ1v) is 28.8. The molecule has 10 N–H and O–H groups in total. The van der Waals surface area contributed by atoms with Crippen LogP contribution in [0.25, 0.3) is 0 Å². The Balaban J connectivity index is 1.28. The number of hydrogen-bond donors (Lipinski definition) is 10. The lowest BCUT2D eigenvalue weighted by molar-refractivity contribution is -0.288. The van der Waals surface area contributed by atoms with Crippen molar-refractivity contribution in [3.8, 4) is 5.75 Å². The molecule has 2 aromatic carbocycles. The number of benzene rings is 2. The summed E-state index contributed by atoms with van der Waals surface area (Å²) in [5.41, 5.74) is 0.681. The van der Waals surface area contributed by atoms with Gasteiger partial charge < -0.3 is 80.7 Å². The summed E-state index contributed by atoms with van der Waals surface area (Å²) >= 11 is 6.38. The molecule has 0 bridgehead atoms. The minimum absolute atomic E-state index is 0.0312. The molecule has 0 saturated carbocycles. The van der Waals surface area contributed by atoms with Gasteiger partial charge >= 0.3 is 17.9 Å². The number of nitrogens with one attached hydrogen (secondary N) is 6. The molecule has 85 heavy (non-hydrogen) atoms. The fourth-order valence-electron chi connectivity index (χ4n) is 9.53. The fraction of sp³-hybridized carbons (Fsp3) is 0.610. The van der Waals surface area contributed by atoms with Crippen molar-refractivity contribution in [3.63, 3.8) is 0 Å². The van der Waals surface area contributed by atoms with Gasteiger partial charge in [-0.15, -0.1) is 0 Å². The van der Waals surface area contributed by atoms with E-state index in [-0.39, 0.29) is 76.9 Å². The second-order valence-corrected chi connectivity index (χ2v) is 23.4. The van der Waals surface area contributed by atoms with E-state index in [1.807, 2.05) is 20.8 Å². The van der Waals surface area contributed by atoms with Crippen molar-refractivity contribution in [2.24, 2.45) is 23.2 Å². The van der Waals surface area contributed by atoms with Crippen molar-refractivity contribution >= 4 is 65.0 Å². The van der Waals surface area contributed by atoms with Crippen LogP contribution in [0, 0.1) is 23.2 Å². The summed E-state index contributed by atoms with van der Waals surface area (Å²) in [7, 11) is 2.70. The van der Waals surface area contributed by atoms with Crippen LogP contribution in [0.15, 0.2) is 54.6 Å². The molecule has 6 amide bonds. The summed E-state index contributed by atoms with van der Waals surface area (Å²) in [6, 6.07) is 8.51. The first kappa shape index (κ1) is 69.0. The molecule has 3 aliphatic heterocycles. The molecule has 0 radical (unpaired) electrons. The normalized spacial score (nSPS) is 26.1. The maximum absolute atomic E-state index is 14.0. The number of aliphatic hydroxyl groups excluding tert-OH is 3. The average molecular weight is 1220 g/mol. The summed E-state index contributed by atoms with van der Waals surface area (Å²) in [5, 5.41) is 56.3. The van der Waals surface area contributed by atoms with Gasteiger partial charge in [-0.25, -0.2) is 4.79 Å². The third kappa shape index (κ3) is 20.7. The van der Waals surface area contributed by atoms with E-state index < -0.39 is 144 Å². The Kier molecular flexibility index (Phi) is 26.1. The first-order chi connectivity index (χ1) is 40.1. The highest BCUT2D eigenvalue weighted by molar-refractivity contribution is 6.32. The molecular formula is C59H83ClN6O19. The highest BCUT2D eigenvalue weighted by atomic mass is 35.5. The predicted molar refractivity (Wildman–Crippen MR) is 305 cm³/mol. The number of carbonyl (C=O) groups excluding carboxylic acids is 8. The van der Waals surface area contributed by atoms with Crippen LogP contribution in [0.1, 0.15) is 116 Å². The molecule has 2 aromatic rings. The number of carboxylic acid groups (broad SMARTS) is 1. The van der Waals surface area contributed by atoms with Crippen LogP contribution in [0.4, 0.5) is 0 Å². The molecule has 26 heteroatoms. The molecule has 2 unspecified atom stereocenters. The first-order valence-electron chi connectivity index (χ1n) is 28.4. The lowest BCUT2D eigenvalue weighted by Gasteiger charge is -2.39. The number of aliphatic carboxylic acids is 1. The Hall–Kier alpha value is -6.74. The van der Waals surface area contributed by atoms with Gasteiger partial charge in [-0.1, -0.05) is 82.6 Å². The number of aliphatic hydroxyl groups is 3. The predicted octanol–water partition coefficient (Wildman–Crippen LogP) is 1.97. The third-order valence-corrected chi connectivity index (χ3v) is 15.1. The third-order valence-electron chi connectivity index (χ3n) is 14.8. The molecule has 25 nitrogen and oxygen atoms in total. The highest BCUT2D eigenvalue weighted by Crippen LogP contribution is 2.45. The smallest absolute Gasteiger partial charge is 0.347 e. The zero-order valence-corrected chi connectivity index (χ0v) is 50.2. The minimum Gasteiger partial charge on any atom is -0.495 e. The van der Waals surface area contributed by atoms with Crippen LogP contribution in [-0.2, 0) is 79.8 Å². The Morgan fingerprint density at radius 3 is 2.15 bits per heavy atom. The summed E-state index contributed by atoms with van der Waals surface area (Å²) in [5.74, 6) is -7.06. The number of epoxide rings is 1. The largest absolute Gasteiger partial charge is 0.495 e. The van der Waals surface area contributed by atoms with Gasteiger partial charge in [-0.3, -0.25) is 38.4 Å². The van der Waals surface area contributed by atoms with Crippen molar-refractivity contribution < 1.29 is 92.0 Å². The Morgan fingerprint density at radius 1 is 0.824 bits per heavy atom. The molecule has 3 aliphatic rings. The molecule has 0 aromatic heterocycles. The maximum atomic E-state index is 14.0. The number of ether oxygens (including phenoxy) is 6. The summed E-state index contributed by atoms with van der Waals surface area (Å²) < 4.78 is 34.0. The van der Waals surface area contributed by atoms with E-state index in [0.717, 1.165) is 5.56 Å². The van der Waals surface area contributed by atoms with Gasteiger partial charge in [0, 0.05) is 64.8 Å². The zero-order chi connectivity index (χ0) is 62.9. The van der Waals surface area contributed by atoms with E-state index in [9.17, 15) is 58.5 Å². The van der Waals surface area contributed by atoms with Gasteiger partial charge in [-0.05, 0) is 79.8 Å². The molecule has 470 valence electrons. The quantitative estimate of drug-likeness (QED) is 0.0502. The maximum Gasteiger partial charge on any atom is 0.347 e. The van der Waals surface area contributed by atoms with Crippen LogP contribution < -0.4 is 36.6 Å². The summed E-state index contributed by atoms with van der Waals surface area (Å²) in [6.07, 6.45) is -8.34. The number of halogens is 1. The van der Waals surface area contributed by atoms with E-state index in [2.05, 4.69) is 31.9 Å². The van der Waals surface area contributed by atoms with E-state index in [4.69, 9.17) is 45.1 Å². The number of hydrogen-bond acceptors (Lipinski definition) is 18. The molecule has 2 fully saturated rings. The second kappa shape index (κ2) is 32.1. The van der Waals surface area contributed by atoms with Crippen molar-refractivity contribution in [1.29, 1.82) is 0 Å². The minimum atomic E-state index is -1.63. The summed E-state index contributed by atoms with van der Waals surface area (Å²) in [4.78, 5) is 120. The van der Waals surface area contributed by atoms with Gasteiger partial charge in [0.15, 0.2) is 12.4 Å². The summed E-state index contributed by atoms with van der Waals surface area (Å²) in [6.45, 7) is 11.5. The van der Waals surface area contributed by atoms with Crippen molar-refractivity contribution in [1.82, 2.24) is 31.9 Å². The van der Waals surface area contributed by atoms with Gasteiger partial charge in [0.2, 0.25) is 35.4 Å². The van der Waals surface area contributed by atoms with Gasteiger partial charge in [0.05, 0.1) is 23.7 Å². The monoisotopic (exact) mass is 1210 g/mol. The van der Waals surface area contributed by atoms with E-state index in [1.165, 1.54) is 26.4 Å². The number of methoxy groups -OCH3 is 2. The molecule has 0 aliphatic carbocycles. The highest BCUT2D eigenvalue weighted by Gasteiger charge is 2.48. The number of amides is 6. The number of carbonyl (C=O) groups is 9. The van der Waals surface area contributed by atoms with Gasteiger partial charge in [0.25, 0.3) is 0 Å². The van der Waals surface area contributed by atoms with Crippen molar-refractivity contribution in [3.05, 3.63) is 76.3 Å². The SMILES string of the molecule is COc1ccc(C[C@H]2NC(=O)/C=C/C[C@@H]([C@H](C)[C@H]3O[C@@H]3c3ccc(CNC(=O)C(CCC(=O)NC[C@H]4O[C@@H](OC)[C@H](O)[C@@H](O)[C@@H]4O)NC(=O)C(NC(=O)CCCC(=O)O)C(C)C)cc3)OC(=O)[C@H](CC(C)C)OC(=O)C(C)(C)CNC2=O)cc1Cl. The van der Waals surface area contributed by atoms with Gasteiger partial charge in [-0.2, -0.15) is 0 Å². The topological polar surface area (TPSA) is 365 Å². The zero-order valence-electron chi connectivity index (χ0n) is 49.4. The number of rotatable bonds is 25. The van der Waals surface area contributed by atoms with Crippen molar-refractivity contribution in [2.45, 2.75) is 180 Å². The standard InChI is InChI=1S/C59H83ClN6O19/c1-30(2)24-41-56(78)82-39(12-10-13-44(68)64-38(26-34-18-22-40(80-8)36(60)25-34)54(76)63-29-59(6,7)58(79)84-41)32(5)51-52(85-51)35-19-16-33(17-20-35)27-62-53(75)37(65-55(77)47(31(3)4)66-45(69)14-11-15-46(70)71)21-23-43(67)61-28-42-48(72)49(73)50(74)57(81-9)83-42/h10,13,16-20,22,25,30-32,37-39,41-42,47-52,57,72-74H,11-12,14-15,21,23-24,26-29H2,1-9H3,(H,61,67)(H,62,75)(H,63,76)(H,64,68)(H,65,77)(H,66,69)(H,70,71)/b13-10+/t32-,37?,38+,39-,41-,42+,47?,48+,49-,50+,51+,52+,57+/m0/s1.